The molecule has 1 saturated heterocycles. The second-order valence-corrected chi connectivity index (χ2v) is 9.02. The van der Waals surface area contributed by atoms with E-state index in [0.29, 0.717) is 12.1 Å². The Morgan fingerprint density at radius 1 is 1.04 bits per heavy atom. The third-order valence-electron chi connectivity index (χ3n) is 7.52. The second kappa shape index (κ2) is 8.95. The van der Waals surface area contributed by atoms with E-state index in [1.54, 1.807) is 0 Å². The molecule has 1 aliphatic heterocycles. The van der Waals surface area contributed by atoms with Crippen molar-refractivity contribution in [1.82, 2.24) is 15.5 Å². The maximum absolute atomic E-state index is 5.74. The van der Waals surface area contributed by atoms with E-state index in [0.717, 1.165) is 18.4 Å². The van der Waals surface area contributed by atoms with Gasteiger partial charge in [-0.1, -0.05) is 26.7 Å². The van der Waals surface area contributed by atoms with Gasteiger partial charge in [-0.15, -0.1) is 24.0 Å². The molecule has 2 atom stereocenters. The lowest BCUT2D eigenvalue weighted by Gasteiger charge is -2.59. The number of hydrogen-bond acceptors (Lipinski definition) is 3. The van der Waals surface area contributed by atoms with Gasteiger partial charge < -0.3 is 20.3 Å². The number of nitrogens with one attached hydrogen (secondary N) is 2. The zero-order chi connectivity index (χ0) is 18.1. The van der Waals surface area contributed by atoms with Crippen LogP contribution in [0.3, 0.4) is 0 Å². The van der Waals surface area contributed by atoms with Crippen LogP contribution < -0.4 is 10.6 Å². The summed E-state index contributed by atoms with van der Waals surface area (Å²) in [5.41, 5.74) is 0.0569. The van der Waals surface area contributed by atoms with Gasteiger partial charge in [-0.3, -0.25) is 4.99 Å². The molecule has 2 N–H and O–H groups in total. The van der Waals surface area contributed by atoms with Crippen molar-refractivity contribution >= 4 is 29.9 Å². The third-order valence-corrected chi connectivity index (χ3v) is 7.52. The summed E-state index contributed by atoms with van der Waals surface area (Å²) in [7, 11) is 3.70. The number of methoxy groups -OCH3 is 1. The number of hydrogen-bond donors (Lipinski definition) is 2. The molecular formula is C20H39IN4O. The van der Waals surface area contributed by atoms with Crippen LogP contribution in [0, 0.1) is 5.41 Å². The molecule has 0 amide bonds. The highest BCUT2D eigenvalue weighted by Crippen LogP contribution is 2.51. The third kappa shape index (κ3) is 4.32. The Bertz CT molecular complexity index is 484. The summed E-state index contributed by atoms with van der Waals surface area (Å²) >= 11 is 0. The minimum Gasteiger partial charge on any atom is -0.378 e. The van der Waals surface area contributed by atoms with Gasteiger partial charge in [0.25, 0.3) is 0 Å². The molecular weight excluding hydrogens is 439 g/mol. The molecule has 1 heterocycles. The molecule has 0 aromatic carbocycles. The summed E-state index contributed by atoms with van der Waals surface area (Å²) in [5.74, 6) is 0.954. The molecule has 0 bridgehead atoms. The topological polar surface area (TPSA) is 48.9 Å². The molecule has 3 aliphatic rings. The first-order chi connectivity index (χ1) is 11.9. The number of nitrogens with zero attached hydrogens (tertiary/aromatic N) is 2. The monoisotopic (exact) mass is 478 g/mol. The molecule has 0 aromatic heterocycles. The Kier molecular flexibility index (Phi) is 7.64. The summed E-state index contributed by atoms with van der Waals surface area (Å²) in [5, 5.41) is 7.31. The van der Waals surface area contributed by atoms with Crippen LogP contribution in [0.25, 0.3) is 0 Å². The van der Waals surface area contributed by atoms with Gasteiger partial charge in [0.05, 0.1) is 5.60 Å². The number of aliphatic imine (C=N–C) groups is 1. The summed E-state index contributed by atoms with van der Waals surface area (Å²) < 4.78 is 5.74. The fraction of sp³-hybridized carbons (Fsp3) is 0.950. The minimum atomic E-state index is -0.0455. The van der Waals surface area contributed by atoms with Crippen LogP contribution >= 0.6 is 24.0 Å². The van der Waals surface area contributed by atoms with Gasteiger partial charge in [0.1, 0.15) is 0 Å². The summed E-state index contributed by atoms with van der Waals surface area (Å²) in [6.07, 6.45) is 9.15. The highest BCUT2D eigenvalue weighted by molar-refractivity contribution is 14.0. The van der Waals surface area contributed by atoms with Crippen LogP contribution in [0.15, 0.2) is 4.99 Å². The van der Waals surface area contributed by atoms with Crippen LogP contribution in [0.4, 0.5) is 0 Å². The zero-order valence-electron chi connectivity index (χ0n) is 17.3. The van der Waals surface area contributed by atoms with Gasteiger partial charge in [0, 0.05) is 50.8 Å². The fourth-order valence-electron chi connectivity index (χ4n) is 4.93. The predicted octanol–water partition coefficient (Wildman–Crippen LogP) is 3.38. The molecule has 2 unspecified atom stereocenters. The Hall–Kier alpha value is -0.0800. The molecule has 0 spiro atoms. The van der Waals surface area contributed by atoms with Gasteiger partial charge in [0.2, 0.25) is 0 Å². The summed E-state index contributed by atoms with van der Waals surface area (Å²) in [4.78, 5) is 7.20. The maximum atomic E-state index is 5.74. The molecule has 0 radical (unpaired) electrons. The van der Waals surface area contributed by atoms with Crippen LogP contribution in [0.1, 0.15) is 65.7 Å². The summed E-state index contributed by atoms with van der Waals surface area (Å²) in [6, 6.07) is 1.81. The SMILES string of the molecule is CN=C(NC1CCN(C2CCCC2)CC1)NC1CC(C)(OC)C1(C)C.I. The normalized spacial score (nSPS) is 33.4. The van der Waals surface area contributed by atoms with E-state index < -0.39 is 0 Å². The lowest BCUT2D eigenvalue weighted by molar-refractivity contribution is -0.176. The number of likely N-dealkylation sites (tertiary alicyclic amines) is 1. The van der Waals surface area contributed by atoms with Crippen molar-refractivity contribution in [3.63, 3.8) is 0 Å². The van der Waals surface area contributed by atoms with Gasteiger partial charge >= 0.3 is 0 Å². The number of piperidine rings is 1. The molecule has 0 aromatic rings. The van der Waals surface area contributed by atoms with Crippen molar-refractivity contribution in [3.8, 4) is 0 Å². The van der Waals surface area contributed by atoms with Gasteiger partial charge in [-0.05, 0) is 39.0 Å². The van der Waals surface area contributed by atoms with E-state index in [1.165, 1.54) is 51.6 Å². The first kappa shape index (κ1) is 22.2. The largest absolute Gasteiger partial charge is 0.378 e. The second-order valence-electron chi connectivity index (χ2n) is 9.02. The number of rotatable bonds is 4. The van der Waals surface area contributed by atoms with E-state index in [4.69, 9.17) is 4.74 Å². The van der Waals surface area contributed by atoms with Crippen LogP contribution in [-0.4, -0.2) is 61.8 Å². The van der Waals surface area contributed by atoms with Crippen LogP contribution in [-0.2, 0) is 4.74 Å². The zero-order valence-corrected chi connectivity index (χ0v) is 19.6. The Morgan fingerprint density at radius 2 is 1.65 bits per heavy atom. The smallest absolute Gasteiger partial charge is 0.191 e. The van der Waals surface area contributed by atoms with Gasteiger partial charge in [-0.25, -0.2) is 0 Å². The van der Waals surface area contributed by atoms with E-state index in [2.05, 4.69) is 41.3 Å². The van der Waals surface area contributed by atoms with E-state index >= 15 is 0 Å². The lowest BCUT2D eigenvalue weighted by Crippen LogP contribution is -2.69. The van der Waals surface area contributed by atoms with Crippen molar-refractivity contribution < 1.29 is 4.74 Å². The molecule has 5 nitrogen and oxygen atoms in total. The summed E-state index contributed by atoms with van der Waals surface area (Å²) in [6.45, 7) is 9.24. The van der Waals surface area contributed by atoms with Crippen molar-refractivity contribution in [1.29, 1.82) is 0 Å². The van der Waals surface area contributed by atoms with Crippen molar-refractivity contribution in [2.75, 3.05) is 27.2 Å². The lowest BCUT2D eigenvalue weighted by atomic mass is 9.56. The molecule has 2 aliphatic carbocycles. The standard InChI is InChI=1S/C20H38N4O.HI/c1-19(2)17(14-20(19,3)25-5)23-18(21-4)22-15-10-12-24(13-11-15)16-8-6-7-9-16;/h15-17H,6-14H2,1-5H3,(H2,21,22,23);1H. The maximum Gasteiger partial charge on any atom is 0.191 e. The van der Waals surface area contributed by atoms with Gasteiger partial charge in [-0.2, -0.15) is 0 Å². The van der Waals surface area contributed by atoms with E-state index in [1.807, 2.05) is 14.2 Å². The molecule has 2 saturated carbocycles. The van der Waals surface area contributed by atoms with Crippen LogP contribution in [0.5, 0.6) is 0 Å². The van der Waals surface area contributed by atoms with Crippen molar-refractivity contribution in [2.45, 2.75) is 89.4 Å². The minimum absolute atomic E-state index is 0. The van der Waals surface area contributed by atoms with Crippen LogP contribution in [0.2, 0.25) is 0 Å². The number of ether oxygens (including phenoxy) is 1. The Morgan fingerprint density at radius 3 is 2.15 bits per heavy atom. The molecule has 152 valence electrons. The highest BCUT2D eigenvalue weighted by atomic mass is 127. The quantitative estimate of drug-likeness (QED) is 0.370. The number of guanidine groups is 1. The molecule has 3 rings (SSSR count). The number of halogens is 1. The van der Waals surface area contributed by atoms with Crippen molar-refractivity contribution in [3.05, 3.63) is 0 Å². The average Bonchev–Trinajstić information content (AvgIpc) is 3.15. The van der Waals surface area contributed by atoms with Gasteiger partial charge in [0.15, 0.2) is 5.96 Å². The highest BCUT2D eigenvalue weighted by Gasteiger charge is 2.58. The average molecular weight is 478 g/mol. The first-order valence-corrected chi connectivity index (χ1v) is 10.2. The fourth-order valence-corrected chi connectivity index (χ4v) is 4.93. The molecule has 26 heavy (non-hydrogen) atoms. The molecule has 3 fully saturated rings. The van der Waals surface area contributed by atoms with Crippen molar-refractivity contribution in [2.24, 2.45) is 10.4 Å². The van der Waals surface area contributed by atoms with E-state index in [9.17, 15) is 0 Å². The Labute approximate surface area is 177 Å². The predicted molar refractivity (Wildman–Crippen MR) is 119 cm³/mol. The molecule has 6 heteroatoms. The van der Waals surface area contributed by atoms with E-state index in [-0.39, 0.29) is 35.0 Å². The first-order valence-electron chi connectivity index (χ1n) is 10.2. The Balaban J connectivity index is 0.00000243.